The summed E-state index contributed by atoms with van der Waals surface area (Å²) in [6, 6.07) is 3.61. The van der Waals surface area contributed by atoms with Crippen LogP contribution in [-0.4, -0.2) is 18.8 Å². The van der Waals surface area contributed by atoms with Gasteiger partial charge in [0.15, 0.2) is 5.78 Å². The van der Waals surface area contributed by atoms with Crippen molar-refractivity contribution in [3.05, 3.63) is 23.8 Å². The van der Waals surface area contributed by atoms with Crippen molar-refractivity contribution in [2.24, 2.45) is 0 Å². The zero-order chi connectivity index (χ0) is 10.9. The van der Waals surface area contributed by atoms with Crippen molar-refractivity contribution >= 4 is 21.6 Å². The van der Waals surface area contributed by atoms with Crippen molar-refractivity contribution in [2.75, 3.05) is 5.73 Å². The van der Waals surface area contributed by atoms with E-state index in [2.05, 4.69) is 0 Å². The minimum Gasteiger partial charge on any atom is -0.398 e. The highest BCUT2D eigenvalue weighted by Crippen LogP contribution is 2.19. The summed E-state index contributed by atoms with van der Waals surface area (Å²) in [4.78, 5) is 10.5. The molecule has 0 aliphatic heterocycles. The molecule has 0 heterocycles. The molecular formula is C8H9NO4S. The molecule has 3 N–H and O–H groups in total. The average molecular weight is 215 g/mol. The molecular weight excluding hydrogens is 206 g/mol. The molecule has 0 atom stereocenters. The van der Waals surface area contributed by atoms with E-state index >= 15 is 0 Å². The second-order valence-corrected chi connectivity index (χ2v) is 4.17. The van der Waals surface area contributed by atoms with Gasteiger partial charge in [-0.15, -0.1) is 0 Å². The molecule has 1 aromatic carbocycles. The minimum absolute atomic E-state index is 0.139. The maximum atomic E-state index is 10.9. The second-order valence-electron chi connectivity index (χ2n) is 2.78. The topological polar surface area (TPSA) is 97.5 Å². The Hall–Kier alpha value is -1.40. The molecule has 0 aliphatic carbocycles. The summed E-state index contributed by atoms with van der Waals surface area (Å²) in [7, 11) is -4.31. The summed E-state index contributed by atoms with van der Waals surface area (Å²) in [5, 5.41) is 0. The van der Waals surface area contributed by atoms with Crippen LogP contribution < -0.4 is 5.73 Å². The number of hydrogen-bond acceptors (Lipinski definition) is 4. The van der Waals surface area contributed by atoms with Gasteiger partial charge in [-0.05, 0) is 25.1 Å². The molecule has 76 valence electrons. The molecule has 0 spiro atoms. The lowest BCUT2D eigenvalue weighted by atomic mass is 10.1. The predicted octanol–water partition coefficient (Wildman–Crippen LogP) is 0.718. The van der Waals surface area contributed by atoms with Gasteiger partial charge in [0.25, 0.3) is 10.1 Å². The summed E-state index contributed by atoms with van der Waals surface area (Å²) in [6.07, 6.45) is 0. The Kier molecular flexibility index (Phi) is 2.59. The molecule has 0 bridgehead atoms. The molecule has 0 radical (unpaired) electrons. The number of ketones is 1. The van der Waals surface area contributed by atoms with E-state index in [4.69, 9.17) is 10.3 Å². The molecule has 1 aromatic rings. The van der Waals surface area contributed by atoms with Crippen LogP contribution in [0.15, 0.2) is 23.1 Å². The highest BCUT2D eigenvalue weighted by Gasteiger charge is 2.14. The van der Waals surface area contributed by atoms with Crippen molar-refractivity contribution in [3.63, 3.8) is 0 Å². The second kappa shape index (κ2) is 3.39. The highest BCUT2D eigenvalue weighted by atomic mass is 32.2. The van der Waals surface area contributed by atoms with Gasteiger partial charge in [-0.2, -0.15) is 8.42 Å². The van der Waals surface area contributed by atoms with E-state index in [-0.39, 0.29) is 16.4 Å². The number of rotatable bonds is 2. The Morgan fingerprint density at radius 1 is 1.43 bits per heavy atom. The van der Waals surface area contributed by atoms with E-state index in [0.717, 1.165) is 6.07 Å². The van der Waals surface area contributed by atoms with Crippen LogP contribution in [0.1, 0.15) is 17.3 Å². The fourth-order valence-electron chi connectivity index (χ4n) is 1.00. The zero-order valence-corrected chi connectivity index (χ0v) is 8.21. The number of carbonyl (C=O) groups excluding carboxylic acids is 1. The van der Waals surface area contributed by atoms with E-state index in [1.54, 1.807) is 0 Å². The Morgan fingerprint density at radius 3 is 2.36 bits per heavy atom. The lowest BCUT2D eigenvalue weighted by Crippen LogP contribution is -2.04. The highest BCUT2D eigenvalue weighted by molar-refractivity contribution is 7.86. The first-order valence-corrected chi connectivity index (χ1v) is 5.14. The first-order chi connectivity index (χ1) is 6.32. The van der Waals surface area contributed by atoms with Gasteiger partial charge in [0.2, 0.25) is 0 Å². The lowest BCUT2D eigenvalue weighted by molar-refractivity contribution is 0.101. The first kappa shape index (κ1) is 10.7. The SMILES string of the molecule is CC(=O)c1ccc(S(=O)(=O)O)c(N)c1. The zero-order valence-electron chi connectivity index (χ0n) is 7.39. The van der Waals surface area contributed by atoms with Crippen LogP contribution in [0.4, 0.5) is 5.69 Å². The van der Waals surface area contributed by atoms with E-state index in [1.807, 2.05) is 0 Å². The maximum absolute atomic E-state index is 10.9. The van der Waals surface area contributed by atoms with Crippen molar-refractivity contribution in [1.82, 2.24) is 0 Å². The Labute approximate surface area is 81.3 Å². The average Bonchev–Trinajstić information content (AvgIpc) is 2.01. The van der Waals surface area contributed by atoms with E-state index in [9.17, 15) is 13.2 Å². The number of anilines is 1. The summed E-state index contributed by atoms with van der Waals surface area (Å²) in [5.41, 5.74) is 5.52. The molecule has 0 fully saturated rings. The van der Waals surface area contributed by atoms with Crippen LogP contribution >= 0.6 is 0 Å². The molecule has 0 saturated heterocycles. The summed E-state index contributed by atoms with van der Waals surface area (Å²) >= 11 is 0. The van der Waals surface area contributed by atoms with Crippen molar-refractivity contribution < 1.29 is 17.8 Å². The van der Waals surface area contributed by atoms with Gasteiger partial charge in [-0.3, -0.25) is 9.35 Å². The van der Waals surface area contributed by atoms with Gasteiger partial charge < -0.3 is 5.73 Å². The quantitative estimate of drug-likeness (QED) is 0.430. The molecule has 0 unspecified atom stereocenters. The number of nitrogen functional groups attached to an aromatic ring is 1. The van der Waals surface area contributed by atoms with Gasteiger partial charge in [0.05, 0.1) is 5.69 Å². The molecule has 1 rings (SSSR count). The van der Waals surface area contributed by atoms with Crippen molar-refractivity contribution in [3.8, 4) is 0 Å². The molecule has 14 heavy (non-hydrogen) atoms. The van der Waals surface area contributed by atoms with Crippen molar-refractivity contribution in [2.45, 2.75) is 11.8 Å². The van der Waals surface area contributed by atoms with Gasteiger partial charge >= 0.3 is 0 Å². The standard InChI is InChI=1S/C8H9NO4S/c1-5(10)6-2-3-8(7(9)4-6)14(11,12)13/h2-4H,9H2,1H3,(H,11,12,13). The minimum atomic E-state index is -4.31. The van der Waals surface area contributed by atoms with Crippen LogP contribution in [-0.2, 0) is 10.1 Å². The predicted molar refractivity (Wildman–Crippen MR) is 50.7 cm³/mol. The van der Waals surface area contributed by atoms with Crippen molar-refractivity contribution in [1.29, 1.82) is 0 Å². The Morgan fingerprint density at radius 2 is 2.00 bits per heavy atom. The third-order valence-electron chi connectivity index (χ3n) is 1.69. The van der Waals surface area contributed by atoms with Gasteiger partial charge in [0, 0.05) is 5.56 Å². The molecule has 0 amide bonds. The van der Waals surface area contributed by atoms with Crippen LogP contribution in [0.5, 0.6) is 0 Å². The van der Waals surface area contributed by atoms with Gasteiger partial charge in [-0.25, -0.2) is 0 Å². The van der Waals surface area contributed by atoms with Crippen LogP contribution in [0, 0.1) is 0 Å². The number of carbonyl (C=O) groups is 1. The Bertz CT molecular complexity index is 478. The molecule has 0 aromatic heterocycles. The van der Waals surface area contributed by atoms with Gasteiger partial charge in [0.1, 0.15) is 4.90 Å². The Balaban J connectivity index is 3.35. The monoisotopic (exact) mass is 215 g/mol. The molecule has 6 heteroatoms. The molecule has 0 saturated carbocycles. The summed E-state index contributed by atoms with van der Waals surface area (Å²) in [5.74, 6) is -0.224. The van der Waals surface area contributed by atoms with E-state index < -0.39 is 10.1 Å². The number of nitrogens with two attached hydrogens (primary N) is 1. The fourth-order valence-corrected chi connectivity index (χ4v) is 1.60. The summed E-state index contributed by atoms with van der Waals surface area (Å²) < 4.78 is 30.2. The largest absolute Gasteiger partial charge is 0.398 e. The normalized spacial score (nSPS) is 11.3. The first-order valence-electron chi connectivity index (χ1n) is 3.70. The third-order valence-corrected chi connectivity index (χ3v) is 2.62. The maximum Gasteiger partial charge on any atom is 0.296 e. The lowest BCUT2D eigenvalue weighted by Gasteiger charge is -2.03. The number of Topliss-reactive ketones (excluding diaryl/α,β-unsaturated/α-hetero) is 1. The fraction of sp³-hybridized carbons (Fsp3) is 0.125. The smallest absolute Gasteiger partial charge is 0.296 e. The summed E-state index contributed by atoms with van der Waals surface area (Å²) in [6.45, 7) is 1.34. The molecule has 0 aliphatic rings. The number of benzene rings is 1. The van der Waals surface area contributed by atoms with E-state index in [0.29, 0.717) is 5.56 Å². The third kappa shape index (κ3) is 2.09. The van der Waals surface area contributed by atoms with E-state index in [1.165, 1.54) is 19.1 Å². The van der Waals surface area contributed by atoms with Crippen LogP contribution in [0.25, 0.3) is 0 Å². The molecule has 5 nitrogen and oxygen atoms in total. The van der Waals surface area contributed by atoms with Gasteiger partial charge in [-0.1, -0.05) is 0 Å². The van der Waals surface area contributed by atoms with Crippen LogP contribution in [0.2, 0.25) is 0 Å². The number of hydrogen-bond donors (Lipinski definition) is 2. The van der Waals surface area contributed by atoms with Crippen LogP contribution in [0.3, 0.4) is 0 Å².